The Kier molecular flexibility index (Phi) is 5.82. The van der Waals surface area contributed by atoms with Gasteiger partial charge in [0.25, 0.3) is 0 Å². The molecule has 1 aromatic carbocycles. The first-order valence-corrected chi connectivity index (χ1v) is 8.79. The van der Waals surface area contributed by atoms with Crippen LogP contribution in [0.25, 0.3) is 0 Å². The number of anilines is 1. The van der Waals surface area contributed by atoms with Crippen molar-refractivity contribution in [3.8, 4) is 6.07 Å². The molecule has 2 heterocycles. The highest BCUT2D eigenvalue weighted by Crippen LogP contribution is 2.16. The summed E-state index contributed by atoms with van der Waals surface area (Å²) in [6.45, 7) is 6.71. The summed E-state index contributed by atoms with van der Waals surface area (Å²) in [5.41, 5.74) is 2.39. The summed E-state index contributed by atoms with van der Waals surface area (Å²) in [6.07, 6.45) is 1.58. The Bertz CT molecular complexity index is 773. The van der Waals surface area contributed by atoms with Crippen molar-refractivity contribution >= 4 is 11.8 Å². The van der Waals surface area contributed by atoms with Gasteiger partial charge in [0.1, 0.15) is 5.82 Å². The molecule has 6 nitrogen and oxygen atoms in total. The number of rotatable bonds is 5. The fourth-order valence-electron chi connectivity index (χ4n) is 2.99. The lowest BCUT2D eigenvalue weighted by atomic mass is 10.1. The summed E-state index contributed by atoms with van der Waals surface area (Å²) in [4.78, 5) is 20.7. The quantitative estimate of drug-likeness (QED) is 0.772. The van der Waals surface area contributed by atoms with E-state index in [0.29, 0.717) is 17.7 Å². The van der Waals surface area contributed by atoms with E-state index < -0.39 is 0 Å². The SMILES string of the molecule is CCOC(=O)c1ccc(N2CCN(Cc3ccc(C#N)cc3)CC2)nc1. The second-order valence-corrected chi connectivity index (χ2v) is 6.20. The summed E-state index contributed by atoms with van der Waals surface area (Å²) >= 11 is 0. The van der Waals surface area contributed by atoms with Crippen LogP contribution in [0.3, 0.4) is 0 Å². The second kappa shape index (κ2) is 8.45. The van der Waals surface area contributed by atoms with Crippen molar-refractivity contribution in [1.82, 2.24) is 9.88 Å². The smallest absolute Gasteiger partial charge is 0.339 e. The lowest BCUT2D eigenvalue weighted by molar-refractivity contribution is 0.0526. The molecule has 2 aromatic rings. The summed E-state index contributed by atoms with van der Waals surface area (Å²) in [5, 5.41) is 8.86. The molecule has 0 aliphatic carbocycles. The Morgan fingerprint density at radius 3 is 2.46 bits per heavy atom. The minimum Gasteiger partial charge on any atom is -0.462 e. The molecule has 0 saturated carbocycles. The van der Waals surface area contributed by atoms with Crippen LogP contribution in [0.2, 0.25) is 0 Å². The van der Waals surface area contributed by atoms with Crippen LogP contribution in [0.15, 0.2) is 42.6 Å². The molecule has 0 bridgehead atoms. The van der Waals surface area contributed by atoms with E-state index in [1.807, 2.05) is 30.3 Å². The second-order valence-electron chi connectivity index (χ2n) is 6.20. The van der Waals surface area contributed by atoms with Crippen molar-refractivity contribution in [2.45, 2.75) is 13.5 Å². The summed E-state index contributed by atoms with van der Waals surface area (Å²) < 4.78 is 4.98. The molecule has 1 saturated heterocycles. The zero-order valence-corrected chi connectivity index (χ0v) is 14.9. The number of carbonyl (C=O) groups is 1. The van der Waals surface area contributed by atoms with Gasteiger partial charge in [-0.25, -0.2) is 9.78 Å². The molecular weight excluding hydrogens is 328 g/mol. The molecule has 0 N–H and O–H groups in total. The van der Waals surface area contributed by atoms with Gasteiger partial charge in [-0.3, -0.25) is 4.90 Å². The van der Waals surface area contributed by atoms with Gasteiger partial charge in [-0.15, -0.1) is 0 Å². The lowest BCUT2D eigenvalue weighted by Gasteiger charge is -2.35. The first kappa shape index (κ1) is 17.9. The van der Waals surface area contributed by atoms with Crippen LogP contribution in [-0.2, 0) is 11.3 Å². The largest absolute Gasteiger partial charge is 0.462 e. The zero-order chi connectivity index (χ0) is 18.4. The van der Waals surface area contributed by atoms with Crippen LogP contribution < -0.4 is 4.90 Å². The van der Waals surface area contributed by atoms with Crippen molar-refractivity contribution in [3.05, 3.63) is 59.3 Å². The first-order valence-electron chi connectivity index (χ1n) is 8.79. The van der Waals surface area contributed by atoms with E-state index in [-0.39, 0.29) is 5.97 Å². The molecule has 1 aromatic heterocycles. The number of piperazine rings is 1. The standard InChI is InChI=1S/C20H22N4O2/c1-2-26-20(25)18-7-8-19(22-14-18)24-11-9-23(10-12-24)15-17-5-3-16(13-21)4-6-17/h3-8,14H,2,9-12,15H2,1H3. The predicted molar refractivity (Wildman–Crippen MR) is 98.8 cm³/mol. The van der Waals surface area contributed by atoms with Crippen molar-refractivity contribution in [2.24, 2.45) is 0 Å². The minimum absolute atomic E-state index is 0.334. The van der Waals surface area contributed by atoms with E-state index >= 15 is 0 Å². The number of esters is 1. The molecular formula is C20H22N4O2. The number of pyridine rings is 1. The molecule has 0 amide bonds. The van der Waals surface area contributed by atoms with Gasteiger partial charge in [-0.1, -0.05) is 12.1 Å². The van der Waals surface area contributed by atoms with Gasteiger partial charge < -0.3 is 9.64 Å². The van der Waals surface area contributed by atoms with Gasteiger partial charge in [0.05, 0.1) is 23.8 Å². The van der Waals surface area contributed by atoms with E-state index in [1.54, 1.807) is 19.2 Å². The van der Waals surface area contributed by atoms with Crippen molar-refractivity contribution < 1.29 is 9.53 Å². The maximum atomic E-state index is 11.7. The third kappa shape index (κ3) is 4.38. The van der Waals surface area contributed by atoms with Crippen LogP contribution in [-0.4, -0.2) is 48.6 Å². The zero-order valence-electron chi connectivity index (χ0n) is 14.9. The molecule has 1 aliphatic heterocycles. The lowest BCUT2D eigenvalue weighted by Crippen LogP contribution is -2.46. The van der Waals surface area contributed by atoms with E-state index in [1.165, 1.54) is 5.56 Å². The van der Waals surface area contributed by atoms with Gasteiger partial charge >= 0.3 is 5.97 Å². The molecule has 6 heteroatoms. The predicted octanol–water partition coefficient (Wildman–Crippen LogP) is 2.45. The van der Waals surface area contributed by atoms with E-state index in [4.69, 9.17) is 10.00 Å². The summed E-state index contributed by atoms with van der Waals surface area (Å²) in [7, 11) is 0. The minimum atomic E-state index is -0.334. The fraction of sp³-hybridized carbons (Fsp3) is 0.350. The van der Waals surface area contributed by atoms with Crippen LogP contribution in [0.4, 0.5) is 5.82 Å². The number of benzene rings is 1. The van der Waals surface area contributed by atoms with E-state index in [2.05, 4.69) is 20.9 Å². The number of hydrogen-bond acceptors (Lipinski definition) is 6. The topological polar surface area (TPSA) is 69.5 Å². The van der Waals surface area contributed by atoms with Crippen molar-refractivity contribution in [3.63, 3.8) is 0 Å². The van der Waals surface area contributed by atoms with Gasteiger partial charge in [-0.05, 0) is 36.8 Å². The molecule has 0 radical (unpaired) electrons. The maximum Gasteiger partial charge on any atom is 0.339 e. The Morgan fingerprint density at radius 1 is 1.15 bits per heavy atom. The number of nitriles is 1. The molecule has 1 fully saturated rings. The highest BCUT2D eigenvalue weighted by atomic mass is 16.5. The highest BCUT2D eigenvalue weighted by Gasteiger charge is 2.18. The summed E-state index contributed by atoms with van der Waals surface area (Å²) in [6, 6.07) is 13.5. The number of ether oxygens (including phenoxy) is 1. The first-order chi connectivity index (χ1) is 12.7. The van der Waals surface area contributed by atoms with Crippen LogP contribution in [0, 0.1) is 11.3 Å². The van der Waals surface area contributed by atoms with Crippen molar-refractivity contribution in [2.75, 3.05) is 37.7 Å². The number of aromatic nitrogens is 1. The molecule has 0 unspecified atom stereocenters. The van der Waals surface area contributed by atoms with Gasteiger partial charge in [0.2, 0.25) is 0 Å². The fourth-order valence-corrected chi connectivity index (χ4v) is 2.99. The highest BCUT2D eigenvalue weighted by molar-refractivity contribution is 5.89. The van der Waals surface area contributed by atoms with Gasteiger partial charge in [-0.2, -0.15) is 5.26 Å². The number of nitrogens with zero attached hydrogens (tertiary/aromatic N) is 4. The summed E-state index contributed by atoms with van der Waals surface area (Å²) in [5.74, 6) is 0.551. The monoisotopic (exact) mass is 350 g/mol. The molecule has 1 aliphatic rings. The average Bonchev–Trinajstić information content (AvgIpc) is 2.69. The number of carbonyl (C=O) groups excluding carboxylic acids is 1. The van der Waals surface area contributed by atoms with Crippen molar-refractivity contribution in [1.29, 1.82) is 5.26 Å². The van der Waals surface area contributed by atoms with E-state index in [9.17, 15) is 4.79 Å². The molecule has 134 valence electrons. The number of hydrogen-bond donors (Lipinski definition) is 0. The Labute approximate surface area is 153 Å². The van der Waals surface area contributed by atoms with Crippen LogP contribution >= 0.6 is 0 Å². The van der Waals surface area contributed by atoms with Crippen LogP contribution in [0.5, 0.6) is 0 Å². The van der Waals surface area contributed by atoms with Gasteiger partial charge in [0, 0.05) is 38.9 Å². The average molecular weight is 350 g/mol. The van der Waals surface area contributed by atoms with E-state index in [0.717, 1.165) is 38.5 Å². The Balaban J connectivity index is 1.53. The molecule has 0 atom stereocenters. The third-order valence-corrected chi connectivity index (χ3v) is 4.44. The maximum absolute atomic E-state index is 11.7. The van der Waals surface area contributed by atoms with Crippen LogP contribution in [0.1, 0.15) is 28.4 Å². The Morgan fingerprint density at radius 2 is 1.88 bits per heavy atom. The Hall–Kier alpha value is -2.91. The third-order valence-electron chi connectivity index (χ3n) is 4.44. The molecule has 0 spiro atoms. The molecule has 26 heavy (non-hydrogen) atoms. The molecule has 3 rings (SSSR count). The van der Waals surface area contributed by atoms with Gasteiger partial charge in [0.15, 0.2) is 0 Å². The normalized spacial score (nSPS) is 14.7.